The molecular formula is C10H14N4O2. The lowest BCUT2D eigenvalue weighted by molar-refractivity contribution is 0.355. The molecule has 0 amide bonds. The Morgan fingerprint density at radius 2 is 2.31 bits per heavy atom. The number of hydrogen-bond acceptors (Lipinski definition) is 6. The fraction of sp³-hybridized carbons (Fsp3) is 0.400. The van der Waals surface area contributed by atoms with E-state index >= 15 is 0 Å². The lowest BCUT2D eigenvalue weighted by Crippen LogP contribution is -2.26. The van der Waals surface area contributed by atoms with Crippen molar-refractivity contribution in [1.82, 2.24) is 15.0 Å². The van der Waals surface area contributed by atoms with Crippen molar-refractivity contribution in [3.8, 4) is 11.7 Å². The molecule has 0 aliphatic rings. The highest BCUT2D eigenvalue weighted by Crippen LogP contribution is 2.18. The summed E-state index contributed by atoms with van der Waals surface area (Å²) in [6.07, 6.45) is 1.55. The lowest BCUT2D eigenvalue weighted by atomic mass is 10.3. The van der Waals surface area contributed by atoms with Gasteiger partial charge in [-0.05, 0) is 26.2 Å². The summed E-state index contributed by atoms with van der Waals surface area (Å²) in [7, 11) is 3.88. The molecule has 6 nitrogen and oxygen atoms in total. The summed E-state index contributed by atoms with van der Waals surface area (Å²) in [6, 6.07) is 3.26. The topological polar surface area (TPSA) is 81.3 Å². The molecule has 2 aromatic rings. The maximum Gasteiger partial charge on any atom is 0.293 e. The van der Waals surface area contributed by atoms with Crippen LogP contribution in [0.1, 0.15) is 11.9 Å². The van der Waals surface area contributed by atoms with Crippen LogP contribution in [-0.2, 0) is 0 Å². The van der Waals surface area contributed by atoms with Gasteiger partial charge in [0.05, 0.1) is 12.3 Å². The summed E-state index contributed by atoms with van der Waals surface area (Å²) in [5, 5.41) is 3.83. The Labute approximate surface area is 93.0 Å². The zero-order valence-corrected chi connectivity index (χ0v) is 9.25. The Bertz CT molecular complexity index is 435. The standard InChI is InChI=1S/C10H14N4O2/c1-14(2)6-7(11)9-12-10(16-13-9)8-4-3-5-15-8/h3-5,7H,6,11H2,1-2H3. The third-order valence-electron chi connectivity index (χ3n) is 2.07. The number of furan rings is 1. The van der Waals surface area contributed by atoms with Crippen molar-refractivity contribution >= 4 is 0 Å². The number of aromatic nitrogens is 2. The van der Waals surface area contributed by atoms with Crippen molar-refractivity contribution in [3.05, 3.63) is 24.2 Å². The minimum absolute atomic E-state index is 0.262. The predicted molar refractivity (Wildman–Crippen MR) is 57.5 cm³/mol. The van der Waals surface area contributed by atoms with Gasteiger partial charge in [-0.25, -0.2) is 0 Å². The van der Waals surface area contributed by atoms with E-state index in [0.717, 1.165) is 0 Å². The van der Waals surface area contributed by atoms with Crippen LogP contribution >= 0.6 is 0 Å². The van der Waals surface area contributed by atoms with Crippen LogP contribution < -0.4 is 5.73 Å². The van der Waals surface area contributed by atoms with Crippen molar-refractivity contribution in [2.75, 3.05) is 20.6 Å². The molecular weight excluding hydrogens is 208 g/mol. The van der Waals surface area contributed by atoms with Crippen LogP contribution in [0, 0.1) is 0 Å². The van der Waals surface area contributed by atoms with E-state index in [0.29, 0.717) is 24.0 Å². The molecule has 0 radical (unpaired) electrons. The molecule has 1 atom stereocenters. The number of rotatable bonds is 4. The minimum Gasteiger partial charge on any atom is -0.459 e. The number of likely N-dealkylation sites (N-methyl/N-ethyl adjacent to an activating group) is 1. The van der Waals surface area contributed by atoms with Crippen LogP contribution in [-0.4, -0.2) is 35.7 Å². The third kappa shape index (κ3) is 2.29. The summed E-state index contributed by atoms with van der Waals surface area (Å²) in [5.41, 5.74) is 5.91. The SMILES string of the molecule is CN(C)CC(N)c1noc(-c2ccco2)n1. The number of nitrogens with zero attached hydrogens (tertiary/aromatic N) is 3. The first-order valence-corrected chi connectivity index (χ1v) is 4.94. The molecule has 2 rings (SSSR count). The van der Waals surface area contributed by atoms with Crippen molar-refractivity contribution < 1.29 is 8.94 Å². The highest BCUT2D eigenvalue weighted by atomic mass is 16.5. The van der Waals surface area contributed by atoms with Gasteiger partial charge in [-0.15, -0.1) is 0 Å². The maximum absolute atomic E-state index is 5.91. The Hall–Kier alpha value is -1.66. The molecule has 1 unspecified atom stereocenters. The van der Waals surface area contributed by atoms with Crippen LogP contribution in [0.2, 0.25) is 0 Å². The van der Waals surface area contributed by atoms with E-state index in [-0.39, 0.29) is 6.04 Å². The minimum atomic E-state index is -0.262. The molecule has 86 valence electrons. The van der Waals surface area contributed by atoms with Gasteiger partial charge in [0.2, 0.25) is 0 Å². The van der Waals surface area contributed by atoms with E-state index in [1.807, 2.05) is 19.0 Å². The zero-order valence-electron chi connectivity index (χ0n) is 9.25. The van der Waals surface area contributed by atoms with Gasteiger partial charge in [-0.3, -0.25) is 0 Å². The quantitative estimate of drug-likeness (QED) is 0.827. The van der Waals surface area contributed by atoms with Crippen LogP contribution in [0.4, 0.5) is 0 Å². The summed E-state index contributed by atoms with van der Waals surface area (Å²) >= 11 is 0. The van der Waals surface area contributed by atoms with E-state index < -0.39 is 0 Å². The fourth-order valence-electron chi connectivity index (χ4n) is 1.36. The van der Waals surface area contributed by atoms with Crippen LogP contribution in [0.25, 0.3) is 11.7 Å². The molecule has 0 aromatic carbocycles. The zero-order chi connectivity index (χ0) is 11.5. The van der Waals surface area contributed by atoms with Crippen molar-refractivity contribution in [2.45, 2.75) is 6.04 Å². The Morgan fingerprint density at radius 3 is 2.94 bits per heavy atom. The fourth-order valence-corrected chi connectivity index (χ4v) is 1.36. The predicted octanol–water partition coefficient (Wildman–Crippen LogP) is 0.891. The Morgan fingerprint density at radius 1 is 1.50 bits per heavy atom. The molecule has 0 saturated carbocycles. The Kier molecular flexibility index (Phi) is 3.02. The van der Waals surface area contributed by atoms with E-state index in [4.69, 9.17) is 14.7 Å². The van der Waals surface area contributed by atoms with Crippen molar-refractivity contribution in [3.63, 3.8) is 0 Å². The van der Waals surface area contributed by atoms with E-state index in [1.54, 1.807) is 18.4 Å². The molecule has 0 aliphatic carbocycles. The third-order valence-corrected chi connectivity index (χ3v) is 2.07. The van der Waals surface area contributed by atoms with Gasteiger partial charge >= 0.3 is 0 Å². The van der Waals surface area contributed by atoms with Gasteiger partial charge in [0.1, 0.15) is 0 Å². The monoisotopic (exact) mass is 222 g/mol. The summed E-state index contributed by atoms with van der Waals surface area (Å²) in [6.45, 7) is 0.664. The van der Waals surface area contributed by atoms with Gasteiger partial charge in [-0.2, -0.15) is 4.98 Å². The molecule has 0 fully saturated rings. The summed E-state index contributed by atoms with van der Waals surface area (Å²) in [5.74, 6) is 1.39. The van der Waals surface area contributed by atoms with E-state index in [9.17, 15) is 0 Å². The van der Waals surface area contributed by atoms with E-state index in [1.165, 1.54) is 0 Å². The normalized spacial score (nSPS) is 13.2. The van der Waals surface area contributed by atoms with Crippen LogP contribution in [0.5, 0.6) is 0 Å². The first-order valence-electron chi connectivity index (χ1n) is 4.94. The number of nitrogens with two attached hydrogens (primary N) is 1. The van der Waals surface area contributed by atoms with Gasteiger partial charge in [0.15, 0.2) is 11.6 Å². The average Bonchev–Trinajstić information content (AvgIpc) is 2.87. The highest BCUT2D eigenvalue weighted by molar-refractivity contribution is 5.42. The van der Waals surface area contributed by atoms with Crippen LogP contribution in [0.15, 0.2) is 27.3 Å². The average molecular weight is 222 g/mol. The Balaban J connectivity index is 2.13. The highest BCUT2D eigenvalue weighted by Gasteiger charge is 2.16. The van der Waals surface area contributed by atoms with Gasteiger partial charge in [-0.1, -0.05) is 5.16 Å². The van der Waals surface area contributed by atoms with Crippen LogP contribution in [0.3, 0.4) is 0 Å². The summed E-state index contributed by atoms with van der Waals surface area (Å²) in [4.78, 5) is 6.15. The van der Waals surface area contributed by atoms with Gasteiger partial charge < -0.3 is 19.6 Å². The first-order chi connectivity index (χ1) is 7.66. The molecule has 0 saturated heterocycles. The molecule has 2 aromatic heterocycles. The van der Waals surface area contributed by atoms with Crippen molar-refractivity contribution in [1.29, 1.82) is 0 Å². The molecule has 2 N–H and O–H groups in total. The summed E-state index contributed by atoms with van der Waals surface area (Å²) < 4.78 is 10.2. The second kappa shape index (κ2) is 4.46. The second-order valence-corrected chi connectivity index (χ2v) is 3.80. The molecule has 0 aliphatic heterocycles. The molecule has 0 bridgehead atoms. The molecule has 16 heavy (non-hydrogen) atoms. The lowest BCUT2D eigenvalue weighted by Gasteiger charge is -2.12. The smallest absolute Gasteiger partial charge is 0.293 e. The molecule has 2 heterocycles. The molecule has 6 heteroatoms. The second-order valence-electron chi connectivity index (χ2n) is 3.80. The van der Waals surface area contributed by atoms with E-state index in [2.05, 4.69) is 10.1 Å². The number of hydrogen-bond donors (Lipinski definition) is 1. The first kappa shape index (κ1) is 10.8. The maximum atomic E-state index is 5.91. The molecule has 0 spiro atoms. The van der Waals surface area contributed by atoms with Gasteiger partial charge in [0.25, 0.3) is 5.89 Å². The van der Waals surface area contributed by atoms with Gasteiger partial charge in [0, 0.05) is 6.54 Å². The largest absolute Gasteiger partial charge is 0.459 e. The van der Waals surface area contributed by atoms with Crippen molar-refractivity contribution in [2.24, 2.45) is 5.73 Å².